The minimum atomic E-state index is -0.383. The van der Waals surface area contributed by atoms with Crippen molar-refractivity contribution in [3.63, 3.8) is 0 Å². The lowest BCUT2D eigenvalue weighted by Crippen LogP contribution is -2.34. The molecule has 1 amide bonds. The number of nitrogens with zero attached hydrogens (tertiary/aromatic N) is 5. The summed E-state index contributed by atoms with van der Waals surface area (Å²) < 4.78 is 0. The number of hydrogen-bond donors (Lipinski definition) is 3. The summed E-state index contributed by atoms with van der Waals surface area (Å²) in [4.78, 5) is 30.6. The maximum absolute atomic E-state index is 12.2. The van der Waals surface area contributed by atoms with Crippen molar-refractivity contribution >= 4 is 17.7 Å². The largest absolute Gasteiger partial charge is 0.394 e. The van der Waals surface area contributed by atoms with Gasteiger partial charge in [0.25, 0.3) is 5.91 Å². The van der Waals surface area contributed by atoms with Crippen LogP contribution in [0.1, 0.15) is 29.0 Å². The van der Waals surface area contributed by atoms with Crippen molar-refractivity contribution in [2.75, 3.05) is 23.8 Å². The van der Waals surface area contributed by atoms with E-state index in [1.165, 1.54) is 6.20 Å². The van der Waals surface area contributed by atoms with Gasteiger partial charge in [0.05, 0.1) is 24.8 Å². The number of hydrogen-bond acceptors (Lipinski definition) is 8. The number of nitrogens with one attached hydrogen (secondary N) is 1. The van der Waals surface area contributed by atoms with Crippen LogP contribution in [0.2, 0.25) is 0 Å². The van der Waals surface area contributed by atoms with E-state index in [0.29, 0.717) is 11.8 Å². The summed E-state index contributed by atoms with van der Waals surface area (Å²) >= 11 is 0. The van der Waals surface area contributed by atoms with Crippen molar-refractivity contribution in [3.8, 4) is 0 Å². The zero-order chi connectivity index (χ0) is 16.9. The number of carbonyl (C=O) groups is 1. The molecule has 0 spiro atoms. The lowest BCUT2D eigenvalue weighted by Gasteiger charge is -2.23. The summed E-state index contributed by atoms with van der Waals surface area (Å²) in [6.45, 7) is 1.00. The van der Waals surface area contributed by atoms with Gasteiger partial charge in [0.1, 0.15) is 11.6 Å². The predicted molar refractivity (Wildman–Crippen MR) is 87.1 cm³/mol. The number of rotatable bonds is 5. The number of aliphatic hydroxyl groups excluding tert-OH is 1. The lowest BCUT2D eigenvalue weighted by molar-refractivity contribution is 0.0950. The van der Waals surface area contributed by atoms with Gasteiger partial charge in [-0.15, -0.1) is 0 Å². The fourth-order valence-electron chi connectivity index (χ4n) is 2.66. The van der Waals surface area contributed by atoms with Crippen molar-refractivity contribution in [3.05, 3.63) is 36.0 Å². The maximum Gasteiger partial charge on any atom is 0.256 e. The first-order chi connectivity index (χ1) is 11.7. The van der Waals surface area contributed by atoms with Gasteiger partial charge in [-0.05, 0) is 18.9 Å². The van der Waals surface area contributed by atoms with E-state index >= 15 is 0 Å². The van der Waals surface area contributed by atoms with Gasteiger partial charge in [-0.2, -0.15) is 4.98 Å². The topological polar surface area (TPSA) is 130 Å². The number of aliphatic hydroxyl groups is 1. The monoisotopic (exact) mass is 329 g/mol. The molecular weight excluding hydrogens is 310 g/mol. The Bertz CT molecular complexity index is 710. The van der Waals surface area contributed by atoms with Gasteiger partial charge in [-0.1, -0.05) is 0 Å². The molecule has 3 rings (SSSR count). The second-order valence-corrected chi connectivity index (χ2v) is 5.49. The van der Waals surface area contributed by atoms with Gasteiger partial charge in [0.2, 0.25) is 5.95 Å². The first kappa shape index (κ1) is 16.1. The van der Waals surface area contributed by atoms with Crippen molar-refractivity contribution in [1.82, 2.24) is 25.3 Å². The molecule has 0 aliphatic carbocycles. The van der Waals surface area contributed by atoms with Crippen LogP contribution in [0.4, 0.5) is 11.8 Å². The average Bonchev–Trinajstić information content (AvgIpc) is 3.09. The number of aromatic nitrogens is 4. The van der Waals surface area contributed by atoms with E-state index in [4.69, 9.17) is 5.73 Å². The molecule has 0 radical (unpaired) electrons. The first-order valence-electron chi connectivity index (χ1n) is 7.73. The maximum atomic E-state index is 12.2. The molecule has 2 aromatic heterocycles. The van der Waals surface area contributed by atoms with Crippen molar-refractivity contribution < 1.29 is 9.90 Å². The normalized spacial score (nSPS) is 17.0. The number of amides is 1. The van der Waals surface area contributed by atoms with Crippen LogP contribution in [0.15, 0.2) is 24.7 Å². The van der Waals surface area contributed by atoms with Gasteiger partial charge >= 0.3 is 0 Å². The molecule has 0 unspecified atom stereocenters. The smallest absolute Gasteiger partial charge is 0.256 e. The van der Waals surface area contributed by atoms with Crippen LogP contribution in [0.5, 0.6) is 0 Å². The highest BCUT2D eigenvalue weighted by Crippen LogP contribution is 2.23. The zero-order valence-corrected chi connectivity index (χ0v) is 13.1. The summed E-state index contributed by atoms with van der Waals surface area (Å²) in [6, 6.07) is 1.70. The molecule has 126 valence electrons. The molecule has 1 fully saturated rings. The van der Waals surface area contributed by atoms with Gasteiger partial charge in [0.15, 0.2) is 0 Å². The minimum Gasteiger partial charge on any atom is -0.394 e. The molecule has 2 aromatic rings. The van der Waals surface area contributed by atoms with Crippen molar-refractivity contribution in [2.45, 2.75) is 25.4 Å². The Kier molecular flexibility index (Phi) is 4.80. The molecule has 24 heavy (non-hydrogen) atoms. The molecule has 1 atom stereocenters. The molecule has 1 saturated heterocycles. The van der Waals surface area contributed by atoms with Crippen LogP contribution < -0.4 is 16.0 Å². The third-order valence-electron chi connectivity index (χ3n) is 3.92. The summed E-state index contributed by atoms with van der Waals surface area (Å²) in [5.74, 6) is 0.665. The SMILES string of the molecule is Nc1nc(N2CCC[C@H]2CO)ncc1C(=O)NCc1ncccn1. The molecule has 0 aromatic carbocycles. The second kappa shape index (κ2) is 7.18. The lowest BCUT2D eigenvalue weighted by atomic mass is 10.2. The Morgan fingerprint density at radius 3 is 2.88 bits per heavy atom. The summed E-state index contributed by atoms with van der Waals surface area (Å²) in [7, 11) is 0. The fraction of sp³-hybridized carbons (Fsp3) is 0.400. The Balaban J connectivity index is 1.69. The zero-order valence-electron chi connectivity index (χ0n) is 13.1. The number of nitrogens with two attached hydrogens (primary N) is 1. The Morgan fingerprint density at radius 2 is 2.17 bits per heavy atom. The van der Waals surface area contributed by atoms with Crippen LogP contribution in [0.3, 0.4) is 0 Å². The number of carbonyl (C=O) groups excluding carboxylic acids is 1. The minimum absolute atomic E-state index is 0.000643. The highest BCUT2D eigenvalue weighted by atomic mass is 16.3. The van der Waals surface area contributed by atoms with E-state index < -0.39 is 0 Å². The van der Waals surface area contributed by atoms with Crippen LogP contribution in [-0.4, -0.2) is 50.1 Å². The Morgan fingerprint density at radius 1 is 1.38 bits per heavy atom. The van der Waals surface area contributed by atoms with Crippen LogP contribution in [0, 0.1) is 0 Å². The fourth-order valence-corrected chi connectivity index (χ4v) is 2.66. The van der Waals surface area contributed by atoms with Crippen LogP contribution >= 0.6 is 0 Å². The molecule has 9 nitrogen and oxygen atoms in total. The van der Waals surface area contributed by atoms with E-state index in [1.807, 2.05) is 4.90 Å². The summed E-state index contributed by atoms with van der Waals surface area (Å²) in [6.07, 6.45) is 6.47. The molecule has 4 N–H and O–H groups in total. The highest BCUT2D eigenvalue weighted by molar-refractivity contribution is 5.98. The summed E-state index contributed by atoms with van der Waals surface area (Å²) in [5, 5.41) is 12.1. The Hall–Kier alpha value is -2.81. The predicted octanol–water partition coefficient (Wildman–Crippen LogP) is -0.260. The third kappa shape index (κ3) is 3.40. The molecule has 1 aliphatic heterocycles. The number of nitrogen functional groups attached to an aromatic ring is 1. The molecular formula is C15H19N7O2. The molecule has 0 saturated carbocycles. The quantitative estimate of drug-likeness (QED) is 0.684. The number of anilines is 2. The summed E-state index contributed by atoms with van der Waals surface area (Å²) in [5.41, 5.74) is 6.12. The highest BCUT2D eigenvalue weighted by Gasteiger charge is 2.26. The van der Waals surface area contributed by atoms with Crippen LogP contribution in [-0.2, 0) is 6.54 Å². The second-order valence-electron chi connectivity index (χ2n) is 5.49. The van der Waals surface area contributed by atoms with Crippen LogP contribution in [0.25, 0.3) is 0 Å². The third-order valence-corrected chi connectivity index (χ3v) is 3.92. The standard InChI is InChI=1S/C15H19N7O2/c16-13-11(14(24)19-8-12-17-4-2-5-18-12)7-20-15(21-13)22-6-1-3-10(22)9-23/h2,4-5,7,10,23H,1,3,6,8-9H2,(H,19,24)(H2,16,20,21)/t10-/m0/s1. The van der Waals surface area contributed by atoms with Crippen molar-refractivity contribution in [2.24, 2.45) is 0 Å². The van der Waals surface area contributed by atoms with E-state index in [1.54, 1.807) is 18.5 Å². The van der Waals surface area contributed by atoms with Gasteiger partial charge in [0, 0.05) is 25.1 Å². The van der Waals surface area contributed by atoms with E-state index in [9.17, 15) is 9.90 Å². The van der Waals surface area contributed by atoms with Gasteiger partial charge in [-0.25, -0.2) is 15.0 Å². The Labute approximate surface area is 139 Å². The molecule has 9 heteroatoms. The van der Waals surface area contributed by atoms with E-state index in [2.05, 4.69) is 25.3 Å². The molecule has 0 bridgehead atoms. The first-order valence-corrected chi connectivity index (χ1v) is 7.73. The molecule has 3 heterocycles. The average molecular weight is 329 g/mol. The van der Waals surface area contributed by atoms with Crippen molar-refractivity contribution in [1.29, 1.82) is 0 Å². The van der Waals surface area contributed by atoms with Gasteiger partial charge in [-0.3, -0.25) is 4.79 Å². The van der Waals surface area contributed by atoms with Gasteiger partial charge < -0.3 is 21.1 Å². The van der Waals surface area contributed by atoms with E-state index in [0.717, 1.165) is 19.4 Å². The molecule has 1 aliphatic rings. The van der Waals surface area contributed by atoms with E-state index in [-0.39, 0.29) is 36.5 Å².